The van der Waals surface area contributed by atoms with Gasteiger partial charge in [0, 0.05) is 6.54 Å². The highest BCUT2D eigenvalue weighted by Crippen LogP contribution is 2.11. The summed E-state index contributed by atoms with van der Waals surface area (Å²) in [5, 5.41) is 16.9. The molecule has 0 aliphatic rings. The van der Waals surface area contributed by atoms with E-state index in [1.165, 1.54) is 0 Å². The van der Waals surface area contributed by atoms with E-state index < -0.39 is 60.2 Å². The number of amides is 4. The van der Waals surface area contributed by atoms with Crippen molar-refractivity contribution in [2.45, 2.75) is 84.0 Å². The molecular weight excluding hydrogens is 472 g/mol. The average Bonchev–Trinajstić information content (AvgIpc) is 2.77. The third-order valence-corrected chi connectivity index (χ3v) is 5.46. The maximum Gasteiger partial charge on any atom is 0.326 e. The van der Waals surface area contributed by atoms with E-state index in [4.69, 9.17) is 22.9 Å². The number of nitrogens with two attached hydrogens (primary N) is 4. The highest BCUT2D eigenvalue weighted by atomic mass is 16.4. The van der Waals surface area contributed by atoms with Crippen molar-refractivity contribution in [3.63, 3.8) is 0 Å². The summed E-state index contributed by atoms with van der Waals surface area (Å²) < 4.78 is 0. The van der Waals surface area contributed by atoms with Crippen molar-refractivity contribution < 1.29 is 29.1 Å². The van der Waals surface area contributed by atoms with E-state index in [9.17, 15) is 29.1 Å². The zero-order valence-electron chi connectivity index (χ0n) is 21.5. The van der Waals surface area contributed by atoms with E-state index in [-0.39, 0.29) is 37.2 Å². The molecule has 12 N–H and O–H groups in total. The summed E-state index contributed by atoms with van der Waals surface area (Å²) in [6.45, 7) is 7.38. The maximum absolute atomic E-state index is 13.0. The number of hydrogen-bond acceptors (Lipinski definition) is 7. The number of rotatable bonds is 17. The van der Waals surface area contributed by atoms with Gasteiger partial charge in [0.25, 0.3) is 0 Å². The standard InChI is InChI=1S/C22H42N8O6/c1-5-12(4)17(21(35)36)30-20(34)14(9-11(2)3)29-19(33)15(10-16(24)31)28-18(32)13(23)7-6-8-27-22(25)26/h11-15,17H,5-10,23H2,1-4H3,(H2,24,31)(H,28,32)(H,29,33)(H,30,34)(H,35,36)(H4,25,26,27). The minimum Gasteiger partial charge on any atom is -0.480 e. The maximum atomic E-state index is 13.0. The molecule has 0 heterocycles. The molecule has 0 aliphatic carbocycles. The van der Waals surface area contributed by atoms with Crippen LogP contribution < -0.4 is 38.9 Å². The largest absolute Gasteiger partial charge is 0.480 e. The van der Waals surface area contributed by atoms with Crippen LogP contribution in [0.2, 0.25) is 0 Å². The van der Waals surface area contributed by atoms with Gasteiger partial charge in [-0.1, -0.05) is 34.1 Å². The molecule has 4 amide bonds. The quantitative estimate of drug-likeness (QED) is 0.0598. The highest BCUT2D eigenvalue weighted by molar-refractivity contribution is 5.96. The fraction of sp³-hybridized carbons (Fsp3) is 0.727. The molecular formula is C22H42N8O6. The highest BCUT2D eigenvalue weighted by Gasteiger charge is 2.32. The van der Waals surface area contributed by atoms with Crippen molar-refractivity contribution in [3.8, 4) is 0 Å². The molecule has 0 saturated carbocycles. The lowest BCUT2D eigenvalue weighted by molar-refractivity contribution is -0.144. The molecule has 0 aromatic rings. The second-order valence-electron chi connectivity index (χ2n) is 9.19. The van der Waals surface area contributed by atoms with Crippen LogP contribution in [-0.4, -0.2) is 71.4 Å². The van der Waals surface area contributed by atoms with Gasteiger partial charge in [0.1, 0.15) is 18.1 Å². The fourth-order valence-electron chi connectivity index (χ4n) is 3.25. The number of hydrogen-bond donors (Lipinski definition) is 8. The van der Waals surface area contributed by atoms with E-state index in [0.29, 0.717) is 12.8 Å². The molecule has 0 bridgehead atoms. The molecule has 0 fully saturated rings. The first kappa shape index (κ1) is 32.6. The Morgan fingerprint density at radius 2 is 1.44 bits per heavy atom. The Morgan fingerprint density at radius 1 is 0.889 bits per heavy atom. The molecule has 0 aromatic carbocycles. The molecule has 5 unspecified atom stereocenters. The van der Waals surface area contributed by atoms with Gasteiger partial charge in [0.05, 0.1) is 12.5 Å². The SMILES string of the molecule is CCC(C)C(NC(=O)C(CC(C)C)NC(=O)C(CC(N)=O)NC(=O)C(N)CCCN=C(N)N)C(=O)O. The van der Waals surface area contributed by atoms with Gasteiger partial charge in [-0.15, -0.1) is 0 Å². The normalized spacial score (nSPS) is 15.1. The molecule has 0 radical (unpaired) electrons. The summed E-state index contributed by atoms with van der Waals surface area (Å²) in [5.74, 6) is -4.76. The van der Waals surface area contributed by atoms with Crippen LogP contribution in [0.4, 0.5) is 0 Å². The van der Waals surface area contributed by atoms with E-state index >= 15 is 0 Å². The lowest BCUT2D eigenvalue weighted by Gasteiger charge is -2.27. The van der Waals surface area contributed by atoms with Crippen LogP contribution in [0.3, 0.4) is 0 Å². The van der Waals surface area contributed by atoms with E-state index in [0.717, 1.165) is 0 Å². The summed E-state index contributed by atoms with van der Waals surface area (Å²) in [5.41, 5.74) is 21.6. The van der Waals surface area contributed by atoms with E-state index in [1.807, 2.05) is 13.8 Å². The molecule has 206 valence electrons. The minimum absolute atomic E-state index is 0.0456. The van der Waals surface area contributed by atoms with Gasteiger partial charge in [-0.05, 0) is 31.1 Å². The first-order valence-corrected chi connectivity index (χ1v) is 11.9. The molecule has 0 aromatic heterocycles. The number of carboxylic acid groups (broad SMARTS) is 1. The van der Waals surface area contributed by atoms with Gasteiger partial charge in [-0.3, -0.25) is 24.2 Å². The van der Waals surface area contributed by atoms with E-state index in [2.05, 4.69) is 20.9 Å². The van der Waals surface area contributed by atoms with Crippen molar-refractivity contribution >= 4 is 35.6 Å². The first-order valence-electron chi connectivity index (χ1n) is 11.9. The second-order valence-corrected chi connectivity index (χ2v) is 9.19. The lowest BCUT2D eigenvalue weighted by Crippen LogP contribution is -2.58. The van der Waals surface area contributed by atoms with Gasteiger partial charge in [-0.2, -0.15) is 0 Å². The zero-order valence-corrected chi connectivity index (χ0v) is 21.5. The average molecular weight is 515 g/mol. The molecule has 0 saturated heterocycles. The van der Waals surface area contributed by atoms with Crippen LogP contribution in [0.1, 0.15) is 59.8 Å². The van der Waals surface area contributed by atoms with Crippen molar-refractivity contribution in [2.24, 2.45) is 39.8 Å². The predicted molar refractivity (Wildman–Crippen MR) is 134 cm³/mol. The first-order chi connectivity index (χ1) is 16.7. The fourth-order valence-corrected chi connectivity index (χ4v) is 3.25. The summed E-state index contributed by atoms with van der Waals surface area (Å²) in [7, 11) is 0. The molecule has 0 spiro atoms. The third-order valence-electron chi connectivity index (χ3n) is 5.46. The van der Waals surface area contributed by atoms with Crippen LogP contribution in [0.25, 0.3) is 0 Å². The lowest BCUT2D eigenvalue weighted by atomic mass is 9.97. The number of aliphatic imine (C=N–C) groups is 1. The Hall–Kier alpha value is -3.42. The Bertz CT molecular complexity index is 799. The minimum atomic E-state index is -1.38. The summed E-state index contributed by atoms with van der Waals surface area (Å²) >= 11 is 0. The van der Waals surface area contributed by atoms with Gasteiger partial charge >= 0.3 is 5.97 Å². The number of nitrogens with zero attached hydrogens (tertiary/aromatic N) is 1. The Morgan fingerprint density at radius 3 is 1.92 bits per heavy atom. The van der Waals surface area contributed by atoms with Crippen molar-refractivity contribution in [3.05, 3.63) is 0 Å². The number of carbonyl (C=O) groups excluding carboxylic acids is 4. The van der Waals surface area contributed by atoms with Gasteiger partial charge < -0.3 is 44.0 Å². The van der Waals surface area contributed by atoms with Gasteiger partial charge in [-0.25, -0.2) is 4.79 Å². The Labute approximate surface area is 211 Å². The van der Waals surface area contributed by atoms with Gasteiger partial charge in [0.2, 0.25) is 23.6 Å². The van der Waals surface area contributed by atoms with Crippen molar-refractivity contribution in [2.75, 3.05) is 6.54 Å². The molecule has 0 rings (SSSR count). The second kappa shape index (κ2) is 16.3. The summed E-state index contributed by atoms with van der Waals surface area (Å²) in [6, 6.07) is -4.65. The number of guanidine groups is 1. The monoisotopic (exact) mass is 514 g/mol. The summed E-state index contributed by atoms with van der Waals surface area (Å²) in [4.78, 5) is 65.3. The van der Waals surface area contributed by atoms with Crippen LogP contribution in [-0.2, 0) is 24.0 Å². The van der Waals surface area contributed by atoms with Crippen LogP contribution >= 0.6 is 0 Å². The summed E-state index contributed by atoms with van der Waals surface area (Å²) in [6.07, 6.45) is 0.775. The number of carbonyl (C=O) groups is 5. The number of nitrogens with one attached hydrogen (secondary N) is 3. The van der Waals surface area contributed by atoms with Crippen molar-refractivity contribution in [1.29, 1.82) is 0 Å². The van der Waals surface area contributed by atoms with Crippen LogP contribution in [0, 0.1) is 11.8 Å². The van der Waals surface area contributed by atoms with Crippen LogP contribution in [0.5, 0.6) is 0 Å². The third kappa shape index (κ3) is 12.9. The number of aliphatic carboxylic acids is 1. The molecule has 14 nitrogen and oxygen atoms in total. The van der Waals surface area contributed by atoms with Crippen molar-refractivity contribution in [1.82, 2.24) is 16.0 Å². The zero-order chi connectivity index (χ0) is 28.0. The van der Waals surface area contributed by atoms with Crippen LogP contribution in [0.15, 0.2) is 4.99 Å². The van der Waals surface area contributed by atoms with Gasteiger partial charge in [0.15, 0.2) is 5.96 Å². The number of carboxylic acids is 1. The topological polar surface area (TPSA) is 258 Å². The Kier molecular flexibility index (Phi) is 14.7. The smallest absolute Gasteiger partial charge is 0.326 e. The van der Waals surface area contributed by atoms with E-state index in [1.54, 1.807) is 13.8 Å². The number of primary amides is 1. The molecule has 36 heavy (non-hydrogen) atoms. The predicted octanol–water partition coefficient (Wildman–Crippen LogP) is -2.13. The molecule has 0 aliphatic heterocycles. The molecule has 14 heteroatoms. The Balaban J connectivity index is 5.46. The molecule has 5 atom stereocenters.